The molecule has 0 saturated carbocycles. The third-order valence-electron chi connectivity index (χ3n) is 5.96. The molecule has 0 spiro atoms. The van der Waals surface area contributed by atoms with Crippen LogP contribution in [0.25, 0.3) is 33.4 Å². The molecule has 1 aliphatic rings. The second-order valence-corrected chi connectivity index (χ2v) is 10.6. The highest BCUT2D eigenvalue weighted by molar-refractivity contribution is 7.89. The first-order valence-corrected chi connectivity index (χ1v) is 13.3. The first kappa shape index (κ1) is 26.9. The van der Waals surface area contributed by atoms with Crippen LogP contribution in [0, 0.1) is 0 Å². The van der Waals surface area contributed by atoms with Gasteiger partial charge in [-0.25, -0.2) is 31.6 Å². The third kappa shape index (κ3) is 5.28. The summed E-state index contributed by atoms with van der Waals surface area (Å²) in [5.41, 5.74) is -0.144. The molecule has 0 amide bonds. The Morgan fingerprint density at radius 1 is 1.28 bits per heavy atom. The summed E-state index contributed by atoms with van der Waals surface area (Å²) in [5, 5.41) is 17.3. The average molecular weight is 574 g/mol. The molecule has 1 aliphatic heterocycles. The SMILES string of the molecule is Cn1cc(-c2c(-c3c(C(F)F)nn4c3OC[C@@H](NS(=O)(=O)CCCO)C4)[nH]c3ncccc23)c(OC(F)F)n1. The maximum atomic E-state index is 14.3. The van der Waals surface area contributed by atoms with Crippen LogP contribution in [-0.2, 0) is 23.6 Å². The van der Waals surface area contributed by atoms with Gasteiger partial charge >= 0.3 is 6.61 Å². The highest BCUT2D eigenvalue weighted by Crippen LogP contribution is 2.47. The van der Waals surface area contributed by atoms with E-state index in [0.29, 0.717) is 5.39 Å². The number of sulfonamides is 1. The van der Waals surface area contributed by atoms with Crippen LogP contribution in [0.5, 0.6) is 11.8 Å². The molecule has 12 nitrogen and oxygen atoms in total. The standard InChI is InChI=1S/C22H23F4N7O5S/c1-32-9-13(20(30-32)38-22(25)26)14-12-4-2-5-27-19(12)28-16(14)15-17(18(23)24)29-33-8-11(10-37-21(15)33)31-39(35,36)7-3-6-34/h2,4-5,9,11,18,22,31,34H,3,6-8,10H2,1H3,(H,27,28)/t11-/m0/s1. The number of pyridine rings is 1. The van der Waals surface area contributed by atoms with Crippen LogP contribution in [0.3, 0.4) is 0 Å². The van der Waals surface area contributed by atoms with Gasteiger partial charge in [0.1, 0.15) is 17.9 Å². The molecule has 0 saturated heterocycles. The number of halogens is 4. The van der Waals surface area contributed by atoms with Crippen LogP contribution in [0.2, 0.25) is 0 Å². The average Bonchev–Trinajstić information content (AvgIpc) is 3.54. The zero-order valence-corrected chi connectivity index (χ0v) is 21.1. The third-order valence-corrected chi connectivity index (χ3v) is 7.48. The Balaban J connectivity index is 1.64. The van der Waals surface area contributed by atoms with Crippen molar-refractivity contribution in [2.45, 2.75) is 32.0 Å². The number of rotatable bonds is 10. The van der Waals surface area contributed by atoms with Gasteiger partial charge in [-0.15, -0.1) is 5.10 Å². The first-order valence-electron chi connectivity index (χ1n) is 11.7. The predicted octanol–water partition coefficient (Wildman–Crippen LogP) is 2.43. The van der Waals surface area contributed by atoms with Crippen LogP contribution < -0.4 is 14.2 Å². The Hall–Kier alpha value is -3.70. The summed E-state index contributed by atoms with van der Waals surface area (Å²) in [5.74, 6) is -0.806. The molecule has 0 radical (unpaired) electrons. The number of H-pyrrole nitrogens is 1. The van der Waals surface area contributed by atoms with Gasteiger partial charge < -0.3 is 19.6 Å². The smallest absolute Gasteiger partial charge is 0.388 e. The number of nitrogens with one attached hydrogen (secondary N) is 2. The summed E-state index contributed by atoms with van der Waals surface area (Å²) in [7, 11) is -2.28. The van der Waals surface area contributed by atoms with E-state index < -0.39 is 40.7 Å². The molecule has 39 heavy (non-hydrogen) atoms. The molecule has 5 heterocycles. The van der Waals surface area contributed by atoms with Crippen molar-refractivity contribution in [1.29, 1.82) is 0 Å². The molecular formula is C22H23F4N7O5S. The quantitative estimate of drug-likeness (QED) is 0.245. The van der Waals surface area contributed by atoms with E-state index in [1.807, 2.05) is 0 Å². The zero-order chi connectivity index (χ0) is 27.9. The summed E-state index contributed by atoms with van der Waals surface area (Å²) in [6, 6.07) is 2.42. The van der Waals surface area contributed by atoms with Crippen LogP contribution in [0.15, 0.2) is 24.5 Å². The Bertz CT molecular complexity index is 1600. The monoisotopic (exact) mass is 573 g/mol. The number of ether oxygens (including phenoxy) is 2. The number of hydrogen-bond donors (Lipinski definition) is 3. The maximum absolute atomic E-state index is 14.3. The van der Waals surface area contributed by atoms with Crippen LogP contribution in [0.1, 0.15) is 18.5 Å². The van der Waals surface area contributed by atoms with Crippen molar-refractivity contribution in [3.8, 4) is 34.1 Å². The van der Waals surface area contributed by atoms with E-state index in [9.17, 15) is 26.0 Å². The molecule has 4 aromatic rings. The number of aromatic amines is 1. The lowest BCUT2D eigenvalue weighted by molar-refractivity contribution is -0.0527. The number of aryl methyl sites for hydroxylation is 1. The molecular weight excluding hydrogens is 550 g/mol. The van der Waals surface area contributed by atoms with Crippen molar-refractivity contribution in [2.75, 3.05) is 19.0 Å². The van der Waals surface area contributed by atoms with Gasteiger partial charge in [0.25, 0.3) is 6.43 Å². The molecule has 5 rings (SSSR count). The molecule has 0 aromatic carbocycles. The normalized spacial score (nSPS) is 15.7. The summed E-state index contributed by atoms with van der Waals surface area (Å²) < 4.78 is 94.7. The fraction of sp³-hybridized carbons (Fsp3) is 0.409. The lowest BCUT2D eigenvalue weighted by Gasteiger charge is -2.25. The number of alkyl halides is 4. The van der Waals surface area contributed by atoms with Gasteiger partial charge in [0, 0.05) is 37.0 Å². The van der Waals surface area contributed by atoms with Crippen molar-refractivity contribution in [1.82, 2.24) is 34.3 Å². The Morgan fingerprint density at radius 2 is 2.08 bits per heavy atom. The van der Waals surface area contributed by atoms with E-state index >= 15 is 0 Å². The number of aliphatic hydroxyl groups excluding tert-OH is 1. The van der Waals surface area contributed by atoms with E-state index in [2.05, 4.69) is 29.6 Å². The van der Waals surface area contributed by atoms with Crippen molar-refractivity contribution < 1.29 is 40.6 Å². The van der Waals surface area contributed by atoms with Crippen LogP contribution >= 0.6 is 0 Å². The van der Waals surface area contributed by atoms with Gasteiger partial charge in [0.05, 0.1) is 35.2 Å². The molecule has 0 aliphatic carbocycles. The Morgan fingerprint density at radius 3 is 2.79 bits per heavy atom. The fourth-order valence-electron chi connectivity index (χ4n) is 4.50. The maximum Gasteiger partial charge on any atom is 0.388 e. The summed E-state index contributed by atoms with van der Waals surface area (Å²) in [6.07, 6.45) is -0.164. The molecule has 3 N–H and O–H groups in total. The van der Waals surface area contributed by atoms with E-state index in [-0.39, 0.29) is 65.8 Å². The van der Waals surface area contributed by atoms with Gasteiger partial charge in [0.15, 0.2) is 0 Å². The number of fused-ring (bicyclic) bond motifs is 2. The Kier molecular flexibility index (Phi) is 7.21. The van der Waals surface area contributed by atoms with Crippen molar-refractivity contribution in [3.05, 3.63) is 30.2 Å². The summed E-state index contributed by atoms with van der Waals surface area (Å²) >= 11 is 0. The van der Waals surface area contributed by atoms with Crippen molar-refractivity contribution in [2.24, 2.45) is 7.05 Å². The molecule has 210 valence electrons. The summed E-state index contributed by atoms with van der Waals surface area (Å²) in [4.78, 5) is 7.22. The fourth-order valence-corrected chi connectivity index (χ4v) is 5.78. The van der Waals surface area contributed by atoms with Crippen molar-refractivity contribution in [3.63, 3.8) is 0 Å². The van der Waals surface area contributed by atoms with E-state index in [1.54, 1.807) is 12.1 Å². The predicted molar refractivity (Wildman–Crippen MR) is 129 cm³/mol. The molecule has 0 bridgehead atoms. The van der Waals surface area contributed by atoms with Gasteiger partial charge in [0.2, 0.25) is 21.8 Å². The lowest BCUT2D eigenvalue weighted by atomic mass is 10.0. The largest absolute Gasteiger partial charge is 0.476 e. The molecule has 0 fully saturated rings. The van der Waals surface area contributed by atoms with E-state index in [0.717, 1.165) is 4.68 Å². The number of nitrogens with zero attached hydrogens (tertiary/aromatic N) is 5. The van der Waals surface area contributed by atoms with Crippen LogP contribution in [-0.4, -0.2) is 74.7 Å². The second kappa shape index (κ2) is 10.5. The van der Waals surface area contributed by atoms with Gasteiger partial charge in [-0.05, 0) is 18.6 Å². The van der Waals surface area contributed by atoms with Crippen LogP contribution in [0.4, 0.5) is 17.6 Å². The lowest BCUT2D eigenvalue weighted by Crippen LogP contribution is -2.45. The molecule has 1 atom stereocenters. The highest BCUT2D eigenvalue weighted by atomic mass is 32.2. The molecule has 17 heteroatoms. The van der Waals surface area contributed by atoms with E-state index in [4.69, 9.17) is 9.84 Å². The highest BCUT2D eigenvalue weighted by Gasteiger charge is 2.35. The van der Waals surface area contributed by atoms with Gasteiger partial charge in [-0.2, -0.15) is 13.9 Å². The number of aliphatic hydroxyl groups is 1. The van der Waals surface area contributed by atoms with Crippen molar-refractivity contribution >= 4 is 21.1 Å². The minimum atomic E-state index is -3.77. The second-order valence-electron chi connectivity index (χ2n) is 8.74. The van der Waals surface area contributed by atoms with Gasteiger partial charge in [-0.3, -0.25) is 4.68 Å². The zero-order valence-electron chi connectivity index (χ0n) is 20.3. The van der Waals surface area contributed by atoms with E-state index in [1.165, 1.54) is 24.1 Å². The Labute approximate surface area is 218 Å². The topological polar surface area (TPSA) is 149 Å². The first-order chi connectivity index (χ1) is 18.6. The minimum absolute atomic E-state index is 0.0262. The van der Waals surface area contributed by atoms with Gasteiger partial charge in [-0.1, -0.05) is 0 Å². The minimum Gasteiger partial charge on any atom is -0.476 e. The number of hydrogen-bond acceptors (Lipinski definition) is 8. The molecule has 0 unspecified atom stereocenters. The number of aromatic nitrogens is 6. The molecule has 4 aromatic heterocycles. The summed E-state index contributed by atoms with van der Waals surface area (Å²) in [6.45, 7) is -3.81.